The summed E-state index contributed by atoms with van der Waals surface area (Å²) in [7, 11) is 1.64. The highest BCUT2D eigenvalue weighted by molar-refractivity contribution is 5.39. The van der Waals surface area contributed by atoms with Gasteiger partial charge in [0.2, 0.25) is 0 Å². The minimum absolute atomic E-state index is 0.421. The highest BCUT2D eigenvalue weighted by atomic mass is 16.5. The molecule has 0 aliphatic heterocycles. The molecule has 1 aromatic rings. The highest BCUT2D eigenvalue weighted by Crippen LogP contribution is 2.29. The Kier molecular flexibility index (Phi) is 3.49. The van der Waals surface area contributed by atoms with Crippen molar-refractivity contribution in [2.45, 2.75) is 18.9 Å². The van der Waals surface area contributed by atoms with E-state index in [2.05, 4.69) is 0 Å². The lowest BCUT2D eigenvalue weighted by Crippen LogP contribution is -2.43. The summed E-state index contributed by atoms with van der Waals surface area (Å²) in [5, 5.41) is 0. The van der Waals surface area contributed by atoms with Crippen molar-refractivity contribution in [3.63, 3.8) is 0 Å². The van der Waals surface area contributed by atoms with E-state index in [1.165, 1.54) is 0 Å². The van der Waals surface area contributed by atoms with Crippen LogP contribution >= 0.6 is 0 Å². The number of ether oxygens (including phenoxy) is 1. The molecule has 0 amide bonds. The smallest absolute Gasteiger partial charge is 0.123 e. The molecule has 0 spiro atoms. The van der Waals surface area contributed by atoms with Gasteiger partial charge in [0.1, 0.15) is 5.75 Å². The first-order valence-electron chi connectivity index (χ1n) is 4.80. The van der Waals surface area contributed by atoms with Crippen LogP contribution in [0.25, 0.3) is 0 Å². The molecule has 0 heterocycles. The van der Waals surface area contributed by atoms with Crippen molar-refractivity contribution in [3.05, 3.63) is 29.8 Å². The highest BCUT2D eigenvalue weighted by Gasteiger charge is 2.26. The maximum Gasteiger partial charge on any atom is 0.123 e. The van der Waals surface area contributed by atoms with Gasteiger partial charge in [-0.25, -0.2) is 0 Å². The lowest BCUT2D eigenvalue weighted by molar-refractivity contribution is 0.373. The Morgan fingerprint density at radius 1 is 1.36 bits per heavy atom. The van der Waals surface area contributed by atoms with E-state index in [4.69, 9.17) is 16.2 Å². The Morgan fingerprint density at radius 2 is 2.00 bits per heavy atom. The van der Waals surface area contributed by atoms with E-state index in [1.807, 2.05) is 31.2 Å². The number of methoxy groups -OCH3 is 1. The fourth-order valence-corrected chi connectivity index (χ4v) is 1.50. The number of hydrogen-bond donors (Lipinski definition) is 2. The van der Waals surface area contributed by atoms with Crippen molar-refractivity contribution in [2.24, 2.45) is 11.5 Å². The zero-order valence-corrected chi connectivity index (χ0v) is 8.79. The number of rotatable bonds is 4. The van der Waals surface area contributed by atoms with Gasteiger partial charge in [-0.05, 0) is 12.5 Å². The van der Waals surface area contributed by atoms with Crippen molar-refractivity contribution >= 4 is 0 Å². The molecule has 14 heavy (non-hydrogen) atoms. The van der Waals surface area contributed by atoms with Crippen molar-refractivity contribution in [3.8, 4) is 5.75 Å². The van der Waals surface area contributed by atoms with Gasteiger partial charge in [0.15, 0.2) is 0 Å². The zero-order valence-electron chi connectivity index (χ0n) is 8.79. The van der Waals surface area contributed by atoms with E-state index < -0.39 is 5.54 Å². The fourth-order valence-electron chi connectivity index (χ4n) is 1.50. The molecule has 3 heteroatoms. The van der Waals surface area contributed by atoms with Crippen LogP contribution in [0.4, 0.5) is 0 Å². The molecule has 0 saturated carbocycles. The molecule has 0 radical (unpaired) electrons. The summed E-state index contributed by atoms with van der Waals surface area (Å²) < 4.78 is 5.26. The van der Waals surface area contributed by atoms with Crippen molar-refractivity contribution in [2.75, 3.05) is 13.7 Å². The number of nitrogens with two attached hydrogens (primary N) is 2. The molecule has 0 aliphatic carbocycles. The number of hydrogen-bond acceptors (Lipinski definition) is 3. The van der Waals surface area contributed by atoms with E-state index >= 15 is 0 Å². The molecular weight excluding hydrogens is 176 g/mol. The second-order valence-electron chi connectivity index (χ2n) is 3.41. The van der Waals surface area contributed by atoms with Gasteiger partial charge < -0.3 is 16.2 Å². The Morgan fingerprint density at radius 3 is 2.50 bits per heavy atom. The molecule has 78 valence electrons. The van der Waals surface area contributed by atoms with Gasteiger partial charge in [-0.1, -0.05) is 25.1 Å². The van der Waals surface area contributed by atoms with E-state index in [-0.39, 0.29) is 0 Å². The van der Waals surface area contributed by atoms with Crippen LogP contribution < -0.4 is 16.2 Å². The third kappa shape index (κ3) is 1.89. The quantitative estimate of drug-likeness (QED) is 0.757. The lowest BCUT2D eigenvalue weighted by Gasteiger charge is -2.28. The van der Waals surface area contributed by atoms with Gasteiger partial charge in [-0.3, -0.25) is 0 Å². The number of benzene rings is 1. The lowest BCUT2D eigenvalue weighted by atomic mass is 9.88. The summed E-state index contributed by atoms with van der Waals surface area (Å²) in [6.07, 6.45) is 0.796. The summed E-state index contributed by atoms with van der Waals surface area (Å²) in [4.78, 5) is 0. The minimum atomic E-state index is -0.480. The molecule has 0 fully saturated rings. The molecule has 1 aromatic carbocycles. The first-order chi connectivity index (χ1) is 6.68. The summed E-state index contributed by atoms with van der Waals surface area (Å²) in [5.74, 6) is 0.808. The first-order valence-corrected chi connectivity index (χ1v) is 4.80. The van der Waals surface area contributed by atoms with Crippen LogP contribution in [0.2, 0.25) is 0 Å². The zero-order chi connectivity index (χ0) is 10.6. The predicted molar refractivity (Wildman–Crippen MR) is 58.2 cm³/mol. The summed E-state index contributed by atoms with van der Waals surface area (Å²) in [6, 6.07) is 7.75. The molecule has 1 atom stereocenters. The van der Waals surface area contributed by atoms with E-state index in [0.29, 0.717) is 6.54 Å². The Labute approximate surface area is 85.0 Å². The molecule has 3 nitrogen and oxygen atoms in total. The van der Waals surface area contributed by atoms with Gasteiger partial charge in [-0.2, -0.15) is 0 Å². The maximum absolute atomic E-state index is 6.19. The molecule has 0 bridgehead atoms. The minimum Gasteiger partial charge on any atom is -0.496 e. The van der Waals surface area contributed by atoms with Gasteiger partial charge in [0, 0.05) is 12.1 Å². The van der Waals surface area contributed by atoms with Crippen molar-refractivity contribution in [1.82, 2.24) is 0 Å². The molecule has 0 aliphatic rings. The third-order valence-corrected chi connectivity index (χ3v) is 2.64. The van der Waals surface area contributed by atoms with Gasteiger partial charge in [-0.15, -0.1) is 0 Å². The summed E-state index contributed by atoms with van der Waals surface area (Å²) in [6.45, 7) is 2.45. The Balaban J connectivity index is 3.15. The molecule has 4 N–H and O–H groups in total. The normalized spacial score (nSPS) is 14.9. The first kappa shape index (κ1) is 11.0. The average Bonchev–Trinajstić information content (AvgIpc) is 2.28. The van der Waals surface area contributed by atoms with Crippen molar-refractivity contribution in [1.29, 1.82) is 0 Å². The fraction of sp³-hybridized carbons (Fsp3) is 0.455. The SMILES string of the molecule is CCC(N)(CN)c1ccccc1OC. The monoisotopic (exact) mass is 194 g/mol. The van der Waals surface area contributed by atoms with Crippen molar-refractivity contribution < 1.29 is 4.74 Å². The maximum atomic E-state index is 6.19. The molecule has 1 unspecified atom stereocenters. The number of para-hydroxylation sites is 1. The topological polar surface area (TPSA) is 61.3 Å². The molecule has 0 aromatic heterocycles. The Hall–Kier alpha value is -1.06. The van der Waals surface area contributed by atoms with Crippen LogP contribution in [-0.4, -0.2) is 13.7 Å². The second kappa shape index (κ2) is 4.44. The van der Waals surface area contributed by atoms with Gasteiger partial charge >= 0.3 is 0 Å². The van der Waals surface area contributed by atoms with Crippen LogP contribution in [0.3, 0.4) is 0 Å². The second-order valence-corrected chi connectivity index (χ2v) is 3.41. The van der Waals surface area contributed by atoms with Crippen LogP contribution in [0.15, 0.2) is 24.3 Å². The standard InChI is InChI=1S/C11H18N2O/c1-3-11(13,8-12)9-6-4-5-7-10(9)14-2/h4-7H,3,8,12-13H2,1-2H3. The van der Waals surface area contributed by atoms with Gasteiger partial charge in [0.25, 0.3) is 0 Å². The molecule has 0 saturated heterocycles. The van der Waals surface area contributed by atoms with Crippen LogP contribution in [0, 0.1) is 0 Å². The Bertz CT molecular complexity index is 295. The van der Waals surface area contributed by atoms with E-state index in [1.54, 1.807) is 7.11 Å². The predicted octanol–water partition coefficient (Wildman–Crippen LogP) is 1.22. The van der Waals surface area contributed by atoms with E-state index in [0.717, 1.165) is 17.7 Å². The molecule has 1 rings (SSSR count). The van der Waals surface area contributed by atoms with Crippen LogP contribution in [-0.2, 0) is 5.54 Å². The largest absolute Gasteiger partial charge is 0.496 e. The summed E-state index contributed by atoms with van der Waals surface area (Å²) in [5.41, 5.74) is 12.4. The van der Waals surface area contributed by atoms with Crippen LogP contribution in [0.5, 0.6) is 5.75 Å². The van der Waals surface area contributed by atoms with E-state index in [9.17, 15) is 0 Å². The summed E-state index contributed by atoms with van der Waals surface area (Å²) >= 11 is 0. The third-order valence-electron chi connectivity index (χ3n) is 2.64. The van der Waals surface area contributed by atoms with Gasteiger partial charge in [0.05, 0.1) is 12.6 Å². The van der Waals surface area contributed by atoms with Crippen LogP contribution in [0.1, 0.15) is 18.9 Å². The average molecular weight is 194 g/mol. The molecular formula is C11H18N2O.